The number of aryl methyl sites for hydroxylation is 2. The van der Waals surface area contributed by atoms with Crippen molar-refractivity contribution in [1.29, 1.82) is 0 Å². The van der Waals surface area contributed by atoms with Gasteiger partial charge in [0.05, 0.1) is 23.9 Å². The van der Waals surface area contributed by atoms with E-state index in [0.29, 0.717) is 5.39 Å². The van der Waals surface area contributed by atoms with Crippen molar-refractivity contribution < 1.29 is 9.53 Å². The van der Waals surface area contributed by atoms with Crippen molar-refractivity contribution in [1.82, 2.24) is 4.98 Å². The molecule has 0 spiro atoms. The Hall–Kier alpha value is -2.59. The van der Waals surface area contributed by atoms with Crippen molar-refractivity contribution in [3.05, 3.63) is 45.5 Å². The number of nitrogens with zero attached hydrogens (tertiary/aromatic N) is 4. The Morgan fingerprint density at radius 2 is 2.05 bits per heavy atom. The zero-order valence-electron chi connectivity index (χ0n) is 10.8. The molecule has 0 saturated heterocycles. The zero-order chi connectivity index (χ0) is 14.0. The van der Waals surface area contributed by atoms with Crippen LogP contribution in [0, 0.1) is 13.8 Å². The van der Waals surface area contributed by atoms with Gasteiger partial charge < -0.3 is 4.74 Å². The third-order valence-corrected chi connectivity index (χ3v) is 2.95. The number of carbonyl (C=O) groups excluding carboxylic acids is 1. The molecule has 0 bridgehead atoms. The summed E-state index contributed by atoms with van der Waals surface area (Å²) in [6.45, 7) is 3.79. The molecule has 0 aliphatic carbocycles. The molecule has 0 amide bonds. The highest BCUT2D eigenvalue weighted by Gasteiger charge is 2.17. The molecule has 0 saturated carbocycles. The number of aromatic nitrogens is 1. The van der Waals surface area contributed by atoms with E-state index in [1.807, 2.05) is 26.0 Å². The van der Waals surface area contributed by atoms with Gasteiger partial charge in [0.1, 0.15) is 0 Å². The van der Waals surface area contributed by atoms with Crippen molar-refractivity contribution in [3.63, 3.8) is 0 Å². The summed E-state index contributed by atoms with van der Waals surface area (Å²) in [4.78, 5) is 18.8. The van der Waals surface area contributed by atoms with Gasteiger partial charge >= 0.3 is 5.97 Å². The summed E-state index contributed by atoms with van der Waals surface area (Å²) in [5.41, 5.74) is 11.7. The monoisotopic (exact) mass is 256 g/mol. The van der Waals surface area contributed by atoms with Crippen LogP contribution in [-0.4, -0.2) is 18.1 Å². The topological polar surface area (TPSA) is 88.0 Å². The Kier molecular flexibility index (Phi) is 3.35. The largest absolute Gasteiger partial charge is 0.465 e. The van der Waals surface area contributed by atoms with Crippen LogP contribution in [0.5, 0.6) is 0 Å². The molecule has 1 aromatic carbocycles. The van der Waals surface area contributed by atoms with Crippen LogP contribution >= 0.6 is 0 Å². The molecule has 6 heteroatoms. The third kappa shape index (κ3) is 2.09. The molecule has 2 aromatic rings. The maximum atomic E-state index is 11.7. The van der Waals surface area contributed by atoms with E-state index in [4.69, 9.17) is 5.53 Å². The molecule has 0 N–H and O–H groups in total. The smallest absolute Gasteiger partial charge is 0.339 e. The molecule has 0 radical (unpaired) electrons. The number of esters is 1. The molecular formula is C13H12N4O2. The number of pyridine rings is 1. The van der Waals surface area contributed by atoms with Crippen LogP contribution in [0.15, 0.2) is 23.4 Å². The second-order valence-corrected chi connectivity index (χ2v) is 4.12. The molecule has 19 heavy (non-hydrogen) atoms. The summed E-state index contributed by atoms with van der Waals surface area (Å²) in [5, 5.41) is 4.33. The summed E-state index contributed by atoms with van der Waals surface area (Å²) >= 11 is 0. The quantitative estimate of drug-likeness (QED) is 0.356. The molecule has 0 aliphatic heterocycles. The Bertz CT molecular complexity index is 718. The van der Waals surface area contributed by atoms with Crippen molar-refractivity contribution in [2.24, 2.45) is 5.11 Å². The van der Waals surface area contributed by atoms with Crippen molar-refractivity contribution >= 4 is 22.6 Å². The van der Waals surface area contributed by atoms with Crippen LogP contribution in [-0.2, 0) is 4.74 Å². The van der Waals surface area contributed by atoms with E-state index in [2.05, 4.69) is 19.7 Å². The fourth-order valence-electron chi connectivity index (χ4n) is 1.99. The lowest BCUT2D eigenvalue weighted by Crippen LogP contribution is -2.03. The van der Waals surface area contributed by atoms with Gasteiger partial charge in [-0.3, -0.25) is 4.98 Å². The third-order valence-electron chi connectivity index (χ3n) is 2.95. The predicted molar refractivity (Wildman–Crippen MR) is 71.4 cm³/mol. The van der Waals surface area contributed by atoms with Gasteiger partial charge in [0.15, 0.2) is 0 Å². The summed E-state index contributed by atoms with van der Waals surface area (Å²) in [6, 6.07) is 3.83. The van der Waals surface area contributed by atoms with Crippen LogP contribution in [0.3, 0.4) is 0 Å². The number of carbonyl (C=O) groups is 1. The van der Waals surface area contributed by atoms with Gasteiger partial charge in [0, 0.05) is 16.5 Å². The number of hydrogen-bond donors (Lipinski definition) is 0. The van der Waals surface area contributed by atoms with Crippen LogP contribution in [0.4, 0.5) is 5.69 Å². The van der Waals surface area contributed by atoms with E-state index in [1.54, 1.807) is 0 Å². The minimum atomic E-state index is -0.572. The number of fused-ring (bicyclic) bond motifs is 1. The molecular weight excluding hydrogens is 244 g/mol. The van der Waals surface area contributed by atoms with Crippen LogP contribution < -0.4 is 0 Å². The van der Waals surface area contributed by atoms with E-state index >= 15 is 0 Å². The zero-order valence-corrected chi connectivity index (χ0v) is 10.8. The lowest BCUT2D eigenvalue weighted by atomic mass is 10.0. The maximum Gasteiger partial charge on any atom is 0.339 e. The van der Waals surface area contributed by atoms with Gasteiger partial charge in [-0.2, -0.15) is 0 Å². The van der Waals surface area contributed by atoms with Gasteiger partial charge in [-0.1, -0.05) is 17.2 Å². The molecule has 1 heterocycles. The SMILES string of the molecule is COC(=O)c1cnc2c(C)ccc(C)c2c1N=[N+]=[N-]. The number of hydrogen-bond acceptors (Lipinski definition) is 4. The fourth-order valence-corrected chi connectivity index (χ4v) is 1.99. The molecule has 2 rings (SSSR count). The van der Waals surface area contributed by atoms with Crippen LogP contribution in [0.25, 0.3) is 21.3 Å². The molecule has 0 fully saturated rings. The van der Waals surface area contributed by atoms with Crippen LogP contribution in [0.2, 0.25) is 0 Å². The molecule has 0 unspecified atom stereocenters. The van der Waals surface area contributed by atoms with Gasteiger partial charge in [-0.25, -0.2) is 4.79 Å². The second-order valence-electron chi connectivity index (χ2n) is 4.12. The highest BCUT2D eigenvalue weighted by atomic mass is 16.5. The first-order chi connectivity index (χ1) is 9.10. The number of methoxy groups -OCH3 is 1. The number of ether oxygens (including phenoxy) is 1. The fraction of sp³-hybridized carbons (Fsp3) is 0.231. The van der Waals surface area contributed by atoms with Gasteiger partial charge in [0.25, 0.3) is 0 Å². The Balaban J connectivity index is 2.96. The highest BCUT2D eigenvalue weighted by Crippen LogP contribution is 2.33. The van der Waals surface area contributed by atoms with Gasteiger partial charge in [-0.15, -0.1) is 0 Å². The molecule has 6 nitrogen and oxygen atoms in total. The highest BCUT2D eigenvalue weighted by molar-refractivity contribution is 6.05. The first-order valence-corrected chi connectivity index (χ1v) is 5.62. The van der Waals surface area contributed by atoms with E-state index < -0.39 is 5.97 Å². The van der Waals surface area contributed by atoms with Gasteiger partial charge in [-0.05, 0) is 30.5 Å². The summed E-state index contributed by atoms with van der Waals surface area (Å²) in [7, 11) is 1.27. The number of benzene rings is 1. The van der Waals surface area contributed by atoms with E-state index in [1.165, 1.54) is 13.3 Å². The minimum absolute atomic E-state index is 0.168. The minimum Gasteiger partial charge on any atom is -0.465 e. The Labute approximate surface area is 109 Å². The van der Waals surface area contributed by atoms with Crippen LogP contribution in [0.1, 0.15) is 21.5 Å². The molecule has 96 valence electrons. The standard InChI is InChI=1S/C13H12N4O2/c1-7-4-5-8(2)11-10(7)12(16-17-14)9(6-15-11)13(18)19-3/h4-6H,1-3H3. The Morgan fingerprint density at radius 3 is 2.68 bits per heavy atom. The van der Waals surface area contributed by atoms with E-state index in [-0.39, 0.29) is 11.3 Å². The maximum absolute atomic E-state index is 11.7. The Morgan fingerprint density at radius 1 is 1.37 bits per heavy atom. The molecule has 1 aromatic heterocycles. The van der Waals surface area contributed by atoms with Crippen molar-refractivity contribution in [2.45, 2.75) is 13.8 Å². The normalized spacial score (nSPS) is 10.1. The van der Waals surface area contributed by atoms with Crippen molar-refractivity contribution in [2.75, 3.05) is 7.11 Å². The summed E-state index contributed by atoms with van der Waals surface area (Å²) in [5.74, 6) is -0.572. The van der Waals surface area contributed by atoms with Gasteiger partial charge in [0.2, 0.25) is 0 Å². The lowest BCUT2D eigenvalue weighted by Gasteiger charge is -2.10. The number of rotatable bonds is 2. The van der Waals surface area contributed by atoms with E-state index in [0.717, 1.165) is 16.6 Å². The summed E-state index contributed by atoms with van der Waals surface area (Å²) < 4.78 is 4.68. The molecule has 0 aliphatic rings. The first-order valence-electron chi connectivity index (χ1n) is 5.62. The average molecular weight is 256 g/mol. The lowest BCUT2D eigenvalue weighted by molar-refractivity contribution is 0.0601. The van der Waals surface area contributed by atoms with E-state index in [9.17, 15) is 4.79 Å². The first kappa shape index (κ1) is 12.9. The summed E-state index contributed by atoms with van der Waals surface area (Å²) in [6.07, 6.45) is 1.38. The molecule has 0 atom stereocenters. The number of azide groups is 1. The van der Waals surface area contributed by atoms with Crippen molar-refractivity contribution in [3.8, 4) is 0 Å². The average Bonchev–Trinajstić information content (AvgIpc) is 2.42. The second kappa shape index (κ2) is 4.96. The predicted octanol–water partition coefficient (Wildman–Crippen LogP) is 3.58.